The number of aryl methyl sites for hydroxylation is 1. The molecule has 0 unspecified atom stereocenters. The molecule has 0 saturated heterocycles. The Labute approximate surface area is 144 Å². The third kappa shape index (κ3) is 3.13. The van der Waals surface area contributed by atoms with Crippen molar-refractivity contribution in [2.24, 2.45) is 0 Å². The molecule has 3 aromatic rings. The summed E-state index contributed by atoms with van der Waals surface area (Å²) in [7, 11) is 0. The van der Waals surface area contributed by atoms with Crippen molar-refractivity contribution in [3.63, 3.8) is 0 Å². The molecule has 0 aliphatic rings. The van der Waals surface area contributed by atoms with Crippen molar-refractivity contribution in [3.8, 4) is 0 Å². The van der Waals surface area contributed by atoms with Crippen LogP contribution >= 0.6 is 0 Å². The second-order valence-corrected chi connectivity index (χ2v) is 6.97. The Morgan fingerprint density at radius 1 is 1.24 bits per heavy atom. The highest BCUT2D eigenvalue weighted by atomic mass is 16.4. The number of rotatable bonds is 3. The molecule has 0 atom stereocenters. The molecule has 0 fully saturated rings. The Morgan fingerprint density at radius 3 is 2.56 bits per heavy atom. The lowest BCUT2D eigenvalue weighted by molar-refractivity contribution is 0.0699. The van der Waals surface area contributed by atoms with E-state index < -0.39 is 5.97 Å². The number of benzene rings is 1. The van der Waals surface area contributed by atoms with Crippen LogP contribution in [0.1, 0.15) is 47.2 Å². The zero-order valence-electron chi connectivity index (χ0n) is 14.5. The van der Waals surface area contributed by atoms with E-state index in [2.05, 4.69) is 15.4 Å². The Bertz CT molecular complexity index is 976. The van der Waals surface area contributed by atoms with Crippen LogP contribution in [0, 0.1) is 6.92 Å². The van der Waals surface area contributed by atoms with E-state index in [1.807, 2.05) is 20.8 Å². The van der Waals surface area contributed by atoms with Crippen molar-refractivity contribution in [1.82, 2.24) is 14.8 Å². The quantitative estimate of drug-likeness (QED) is 0.680. The van der Waals surface area contributed by atoms with Gasteiger partial charge in [-0.15, -0.1) is 0 Å². The van der Waals surface area contributed by atoms with Gasteiger partial charge in [0.05, 0.1) is 22.4 Å². The number of aromatic carboxylic acids is 1. The van der Waals surface area contributed by atoms with Crippen LogP contribution < -0.4 is 5.32 Å². The summed E-state index contributed by atoms with van der Waals surface area (Å²) in [5.41, 5.74) is 2.39. The zero-order chi connectivity index (χ0) is 18.4. The first-order valence-electron chi connectivity index (χ1n) is 7.89. The van der Waals surface area contributed by atoms with Crippen LogP contribution in [-0.4, -0.2) is 31.7 Å². The summed E-state index contributed by atoms with van der Waals surface area (Å²) in [6.45, 7) is 7.84. The van der Waals surface area contributed by atoms with Gasteiger partial charge in [-0.1, -0.05) is 0 Å². The van der Waals surface area contributed by atoms with Crippen LogP contribution in [0.3, 0.4) is 0 Å². The number of carbonyl (C=O) groups excluding carboxylic acids is 1. The monoisotopic (exact) mass is 340 g/mol. The highest BCUT2D eigenvalue weighted by Crippen LogP contribution is 2.23. The summed E-state index contributed by atoms with van der Waals surface area (Å²) in [6, 6.07) is 5.07. The standard InChI is InChI=1S/C18H20N4O3/c1-10-14(9-22(21-10)18(2,3)4)16(23)20-11-5-6-12-13(17(24)25)8-19-15(12)7-11/h5-9,19H,1-4H3,(H,20,23)(H,24,25). The zero-order valence-corrected chi connectivity index (χ0v) is 14.5. The van der Waals surface area contributed by atoms with Crippen molar-refractivity contribution in [3.05, 3.63) is 47.4 Å². The van der Waals surface area contributed by atoms with Gasteiger partial charge in [-0.3, -0.25) is 9.48 Å². The number of carboxylic acid groups (broad SMARTS) is 1. The predicted octanol–water partition coefficient (Wildman–Crippen LogP) is 3.38. The molecule has 3 N–H and O–H groups in total. The fraction of sp³-hybridized carbons (Fsp3) is 0.278. The maximum absolute atomic E-state index is 12.6. The summed E-state index contributed by atoms with van der Waals surface area (Å²) in [4.78, 5) is 26.6. The number of carbonyl (C=O) groups is 2. The van der Waals surface area contributed by atoms with E-state index >= 15 is 0 Å². The number of fused-ring (bicyclic) bond motifs is 1. The number of anilines is 1. The molecule has 3 rings (SSSR count). The summed E-state index contributed by atoms with van der Waals surface area (Å²) in [5.74, 6) is -1.24. The molecule has 7 heteroatoms. The summed E-state index contributed by atoms with van der Waals surface area (Å²) < 4.78 is 1.77. The van der Waals surface area contributed by atoms with Gasteiger partial charge < -0.3 is 15.4 Å². The van der Waals surface area contributed by atoms with Crippen LogP contribution in [0.4, 0.5) is 5.69 Å². The second kappa shape index (κ2) is 5.77. The first-order chi connectivity index (χ1) is 11.7. The molecular formula is C18H20N4O3. The number of nitrogens with zero attached hydrogens (tertiary/aromatic N) is 2. The fourth-order valence-electron chi connectivity index (χ4n) is 2.61. The number of H-pyrrole nitrogens is 1. The maximum Gasteiger partial charge on any atom is 0.337 e. The molecular weight excluding hydrogens is 320 g/mol. The number of hydrogen-bond donors (Lipinski definition) is 3. The Balaban J connectivity index is 1.87. The molecule has 0 aliphatic heterocycles. The third-order valence-electron chi connectivity index (χ3n) is 4.00. The minimum atomic E-state index is -0.992. The van der Waals surface area contributed by atoms with Crippen molar-refractivity contribution >= 4 is 28.5 Å². The van der Waals surface area contributed by atoms with Gasteiger partial charge in [0.1, 0.15) is 0 Å². The number of hydrogen-bond acceptors (Lipinski definition) is 3. The molecule has 0 radical (unpaired) electrons. The van der Waals surface area contributed by atoms with E-state index in [0.29, 0.717) is 27.8 Å². The van der Waals surface area contributed by atoms with Crippen molar-refractivity contribution < 1.29 is 14.7 Å². The minimum absolute atomic E-state index is 0.204. The van der Waals surface area contributed by atoms with Gasteiger partial charge in [-0.2, -0.15) is 5.10 Å². The highest BCUT2D eigenvalue weighted by Gasteiger charge is 2.20. The van der Waals surface area contributed by atoms with Gasteiger partial charge in [0, 0.05) is 29.0 Å². The second-order valence-electron chi connectivity index (χ2n) is 6.97. The third-order valence-corrected chi connectivity index (χ3v) is 4.00. The maximum atomic E-state index is 12.6. The van der Waals surface area contributed by atoms with Gasteiger partial charge in [0.2, 0.25) is 0 Å². The SMILES string of the molecule is Cc1nn(C(C)(C)C)cc1C(=O)Nc1ccc2c(C(=O)O)c[nH]c2c1. The Hall–Kier alpha value is -3.09. The Morgan fingerprint density at radius 2 is 1.96 bits per heavy atom. The number of aromatic nitrogens is 3. The van der Waals surface area contributed by atoms with Crippen LogP contribution in [0.15, 0.2) is 30.6 Å². The fourth-order valence-corrected chi connectivity index (χ4v) is 2.61. The lowest BCUT2D eigenvalue weighted by atomic mass is 10.1. The van der Waals surface area contributed by atoms with Crippen LogP contribution in [0.25, 0.3) is 10.9 Å². The largest absolute Gasteiger partial charge is 0.478 e. The lowest BCUT2D eigenvalue weighted by Gasteiger charge is -2.18. The van der Waals surface area contributed by atoms with Gasteiger partial charge >= 0.3 is 5.97 Å². The average Bonchev–Trinajstić information content (AvgIpc) is 3.09. The smallest absolute Gasteiger partial charge is 0.337 e. The molecule has 0 bridgehead atoms. The number of amides is 1. The van der Waals surface area contributed by atoms with E-state index in [4.69, 9.17) is 5.11 Å². The van der Waals surface area contributed by atoms with Crippen LogP contribution in [0.5, 0.6) is 0 Å². The number of aromatic amines is 1. The lowest BCUT2D eigenvalue weighted by Crippen LogP contribution is -2.22. The summed E-state index contributed by atoms with van der Waals surface area (Å²) in [6.07, 6.45) is 3.18. The van der Waals surface area contributed by atoms with E-state index in [-0.39, 0.29) is 17.0 Å². The van der Waals surface area contributed by atoms with Crippen LogP contribution in [0.2, 0.25) is 0 Å². The molecule has 130 valence electrons. The van der Waals surface area contributed by atoms with Crippen LogP contribution in [-0.2, 0) is 5.54 Å². The summed E-state index contributed by atoms with van der Waals surface area (Å²) >= 11 is 0. The first kappa shape index (κ1) is 16.8. The van der Waals surface area contributed by atoms with E-state index in [9.17, 15) is 9.59 Å². The normalized spacial score (nSPS) is 11.7. The molecule has 0 spiro atoms. The molecule has 1 aromatic carbocycles. The topological polar surface area (TPSA) is 100 Å². The first-order valence-corrected chi connectivity index (χ1v) is 7.89. The van der Waals surface area contributed by atoms with E-state index in [0.717, 1.165) is 0 Å². The van der Waals surface area contributed by atoms with E-state index in [1.165, 1.54) is 6.20 Å². The summed E-state index contributed by atoms with van der Waals surface area (Å²) in [5, 5.41) is 17.0. The molecule has 25 heavy (non-hydrogen) atoms. The van der Waals surface area contributed by atoms with Gasteiger partial charge in [0.25, 0.3) is 5.91 Å². The molecule has 2 aromatic heterocycles. The molecule has 1 amide bonds. The van der Waals surface area contributed by atoms with Gasteiger partial charge in [-0.05, 0) is 45.9 Å². The predicted molar refractivity (Wildman–Crippen MR) is 95.2 cm³/mol. The highest BCUT2D eigenvalue weighted by molar-refractivity contribution is 6.07. The average molecular weight is 340 g/mol. The van der Waals surface area contributed by atoms with Gasteiger partial charge in [-0.25, -0.2) is 4.79 Å². The molecule has 0 saturated carbocycles. The molecule has 2 heterocycles. The number of nitrogens with one attached hydrogen (secondary N) is 2. The van der Waals surface area contributed by atoms with Crippen molar-refractivity contribution in [2.45, 2.75) is 33.2 Å². The van der Waals surface area contributed by atoms with Crippen molar-refractivity contribution in [2.75, 3.05) is 5.32 Å². The Kier molecular flexibility index (Phi) is 3.87. The van der Waals surface area contributed by atoms with Crippen molar-refractivity contribution in [1.29, 1.82) is 0 Å². The minimum Gasteiger partial charge on any atom is -0.478 e. The number of carboxylic acids is 1. The molecule has 0 aliphatic carbocycles. The van der Waals surface area contributed by atoms with E-state index in [1.54, 1.807) is 36.0 Å². The molecule has 7 nitrogen and oxygen atoms in total. The van der Waals surface area contributed by atoms with Gasteiger partial charge in [0.15, 0.2) is 0 Å².